The minimum atomic E-state index is 0. The minimum Gasteiger partial charge on any atom is -0.357 e. The third-order valence-corrected chi connectivity index (χ3v) is 5.28. The second-order valence-electron chi connectivity index (χ2n) is 6.44. The van der Waals surface area contributed by atoms with Gasteiger partial charge in [-0.25, -0.2) is 9.98 Å². The molecule has 148 valence electrons. The number of aromatic nitrogens is 2. The molecule has 1 aromatic carbocycles. The van der Waals surface area contributed by atoms with Crippen LogP contribution in [0.5, 0.6) is 0 Å². The molecule has 3 aromatic rings. The number of fused-ring (bicyclic) bond motifs is 2. The molecule has 0 aliphatic carbocycles. The number of guanidine groups is 1. The quantitative estimate of drug-likeness (QED) is 0.280. The van der Waals surface area contributed by atoms with E-state index in [9.17, 15) is 4.79 Å². The SMILES string of the molecule is CCNC(=NCc1cn2ccsc2n1)NCC1CC(=O)Nc2ccccc21.I. The Morgan fingerprint density at radius 3 is 3.07 bits per heavy atom. The van der Waals surface area contributed by atoms with E-state index in [0.29, 0.717) is 19.5 Å². The lowest BCUT2D eigenvalue weighted by atomic mass is 9.90. The Balaban J connectivity index is 0.00000225. The Hall–Kier alpha value is -2.14. The van der Waals surface area contributed by atoms with Crippen molar-refractivity contribution < 1.29 is 4.79 Å². The van der Waals surface area contributed by atoms with Crippen molar-refractivity contribution in [3.05, 3.63) is 53.3 Å². The molecule has 4 rings (SSSR count). The van der Waals surface area contributed by atoms with Gasteiger partial charge in [0.2, 0.25) is 5.91 Å². The predicted octanol–water partition coefficient (Wildman–Crippen LogP) is 3.19. The average Bonchev–Trinajstić information content (AvgIpc) is 3.25. The van der Waals surface area contributed by atoms with Crippen molar-refractivity contribution in [3.8, 4) is 0 Å². The number of rotatable bonds is 5. The number of aliphatic imine (C=N–C) groups is 1. The Morgan fingerprint density at radius 2 is 2.25 bits per heavy atom. The summed E-state index contributed by atoms with van der Waals surface area (Å²) in [6.07, 6.45) is 4.47. The summed E-state index contributed by atoms with van der Waals surface area (Å²) in [6, 6.07) is 7.97. The van der Waals surface area contributed by atoms with Gasteiger partial charge in [0.15, 0.2) is 10.9 Å². The first-order valence-electron chi connectivity index (χ1n) is 9.05. The summed E-state index contributed by atoms with van der Waals surface area (Å²) in [5.74, 6) is 0.912. The van der Waals surface area contributed by atoms with Gasteiger partial charge in [0.05, 0.1) is 12.2 Å². The normalized spacial score (nSPS) is 16.2. The number of hydrogen-bond donors (Lipinski definition) is 3. The standard InChI is InChI=1S/C19H22N6OS.HI/c1-2-20-18(22-11-14-12-25-7-8-27-19(25)23-14)21-10-13-9-17(26)24-16-6-4-3-5-15(13)16;/h3-8,12-13H,2,9-11H2,1H3,(H,24,26)(H2,20,21,22);1H. The second kappa shape index (κ2) is 9.37. The van der Waals surface area contributed by atoms with Crippen molar-refractivity contribution in [1.29, 1.82) is 0 Å². The number of imidazole rings is 1. The molecule has 3 heterocycles. The zero-order valence-corrected chi connectivity index (χ0v) is 18.7. The van der Waals surface area contributed by atoms with E-state index < -0.39 is 0 Å². The number of anilines is 1. The maximum absolute atomic E-state index is 12.0. The highest BCUT2D eigenvalue weighted by atomic mass is 127. The summed E-state index contributed by atoms with van der Waals surface area (Å²) in [7, 11) is 0. The molecule has 1 aliphatic heterocycles. The van der Waals surface area contributed by atoms with Crippen LogP contribution in [-0.2, 0) is 11.3 Å². The molecule has 9 heteroatoms. The van der Waals surface area contributed by atoms with E-state index >= 15 is 0 Å². The van der Waals surface area contributed by atoms with Crippen molar-refractivity contribution in [2.45, 2.75) is 25.8 Å². The molecular weight excluding hydrogens is 487 g/mol. The highest BCUT2D eigenvalue weighted by Gasteiger charge is 2.24. The van der Waals surface area contributed by atoms with Gasteiger partial charge in [0, 0.05) is 48.9 Å². The van der Waals surface area contributed by atoms with E-state index in [0.717, 1.165) is 34.4 Å². The smallest absolute Gasteiger partial charge is 0.225 e. The number of benzene rings is 1. The van der Waals surface area contributed by atoms with Gasteiger partial charge in [-0.2, -0.15) is 0 Å². The van der Waals surface area contributed by atoms with Crippen LogP contribution in [0.15, 0.2) is 47.0 Å². The largest absolute Gasteiger partial charge is 0.357 e. The number of nitrogens with one attached hydrogen (secondary N) is 3. The fourth-order valence-electron chi connectivity index (χ4n) is 3.26. The summed E-state index contributed by atoms with van der Waals surface area (Å²) in [5.41, 5.74) is 3.00. The van der Waals surface area contributed by atoms with E-state index in [4.69, 9.17) is 0 Å². The van der Waals surface area contributed by atoms with Crippen LogP contribution in [0.1, 0.15) is 30.5 Å². The summed E-state index contributed by atoms with van der Waals surface area (Å²) in [5, 5.41) is 11.6. The first-order valence-corrected chi connectivity index (χ1v) is 9.93. The fraction of sp³-hybridized carbons (Fsp3) is 0.316. The van der Waals surface area contributed by atoms with Crippen LogP contribution >= 0.6 is 35.3 Å². The molecule has 0 saturated heterocycles. The molecule has 0 saturated carbocycles. The number of nitrogens with zero attached hydrogens (tertiary/aromatic N) is 3. The Morgan fingerprint density at radius 1 is 1.39 bits per heavy atom. The van der Waals surface area contributed by atoms with Gasteiger partial charge in [-0.1, -0.05) is 18.2 Å². The molecule has 0 fully saturated rings. The summed E-state index contributed by atoms with van der Waals surface area (Å²) in [4.78, 5) is 22.2. The zero-order valence-electron chi connectivity index (χ0n) is 15.5. The van der Waals surface area contributed by atoms with Crippen LogP contribution in [0.25, 0.3) is 4.96 Å². The summed E-state index contributed by atoms with van der Waals surface area (Å²) in [6.45, 7) is 3.96. The van der Waals surface area contributed by atoms with Gasteiger partial charge >= 0.3 is 0 Å². The van der Waals surface area contributed by atoms with Crippen LogP contribution in [-0.4, -0.2) is 34.3 Å². The van der Waals surface area contributed by atoms with E-state index in [2.05, 4.69) is 32.0 Å². The monoisotopic (exact) mass is 510 g/mol. The molecule has 0 spiro atoms. The highest BCUT2D eigenvalue weighted by molar-refractivity contribution is 14.0. The van der Waals surface area contributed by atoms with Gasteiger partial charge in [0.25, 0.3) is 0 Å². The van der Waals surface area contributed by atoms with Gasteiger partial charge in [-0.05, 0) is 18.6 Å². The molecule has 1 aliphatic rings. The molecule has 3 N–H and O–H groups in total. The van der Waals surface area contributed by atoms with E-state index in [1.54, 1.807) is 11.3 Å². The molecule has 1 unspecified atom stereocenters. The number of carbonyl (C=O) groups excluding carboxylic acids is 1. The number of hydrogen-bond acceptors (Lipinski definition) is 4. The first-order chi connectivity index (χ1) is 13.2. The van der Waals surface area contributed by atoms with Crippen LogP contribution in [0.3, 0.4) is 0 Å². The van der Waals surface area contributed by atoms with Crippen LogP contribution in [0, 0.1) is 0 Å². The number of halogens is 1. The Kier molecular flexibility index (Phi) is 6.89. The maximum atomic E-state index is 12.0. The second-order valence-corrected chi connectivity index (χ2v) is 7.31. The summed E-state index contributed by atoms with van der Waals surface area (Å²) >= 11 is 1.61. The third-order valence-electron chi connectivity index (χ3n) is 4.51. The number of carbonyl (C=O) groups is 1. The van der Waals surface area contributed by atoms with Crippen molar-refractivity contribution in [3.63, 3.8) is 0 Å². The molecular formula is C19H23IN6OS. The summed E-state index contributed by atoms with van der Waals surface area (Å²) < 4.78 is 2.01. The number of para-hydroxylation sites is 1. The number of thiazole rings is 1. The lowest BCUT2D eigenvalue weighted by molar-refractivity contribution is -0.116. The van der Waals surface area contributed by atoms with Crippen LogP contribution in [0.2, 0.25) is 0 Å². The lowest BCUT2D eigenvalue weighted by Crippen LogP contribution is -2.40. The predicted molar refractivity (Wildman–Crippen MR) is 124 cm³/mol. The van der Waals surface area contributed by atoms with Gasteiger partial charge in [-0.3, -0.25) is 9.20 Å². The fourth-order valence-corrected chi connectivity index (χ4v) is 3.98. The Bertz CT molecular complexity index is 953. The van der Waals surface area contributed by atoms with E-state index in [1.807, 2.05) is 47.3 Å². The minimum absolute atomic E-state index is 0. The van der Waals surface area contributed by atoms with Crippen molar-refractivity contribution in [2.75, 3.05) is 18.4 Å². The van der Waals surface area contributed by atoms with Gasteiger partial charge < -0.3 is 16.0 Å². The van der Waals surface area contributed by atoms with Gasteiger partial charge in [-0.15, -0.1) is 35.3 Å². The zero-order chi connectivity index (χ0) is 18.6. The molecule has 0 radical (unpaired) electrons. The van der Waals surface area contributed by atoms with Crippen molar-refractivity contribution in [1.82, 2.24) is 20.0 Å². The highest BCUT2D eigenvalue weighted by Crippen LogP contribution is 2.31. The first kappa shape index (κ1) is 20.6. The molecule has 1 atom stereocenters. The van der Waals surface area contributed by atoms with Gasteiger partial charge in [0.1, 0.15) is 0 Å². The molecule has 2 aromatic heterocycles. The lowest BCUT2D eigenvalue weighted by Gasteiger charge is -2.26. The molecule has 0 bridgehead atoms. The number of amides is 1. The molecule has 1 amide bonds. The average molecular weight is 510 g/mol. The van der Waals surface area contributed by atoms with Crippen LogP contribution < -0.4 is 16.0 Å². The third kappa shape index (κ3) is 4.64. The van der Waals surface area contributed by atoms with Crippen molar-refractivity contribution >= 4 is 57.8 Å². The van der Waals surface area contributed by atoms with E-state index in [-0.39, 0.29) is 35.8 Å². The maximum Gasteiger partial charge on any atom is 0.225 e. The molecule has 7 nitrogen and oxygen atoms in total. The van der Waals surface area contributed by atoms with Crippen LogP contribution in [0.4, 0.5) is 5.69 Å². The topological polar surface area (TPSA) is 82.8 Å². The molecule has 28 heavy (non-hydrogen) atoms. The van der Waals surface area contributed by atoms with Crippen molar-refractivity contribution in [2.24, 2.45) is 4.99 Å². The Labute approximate surface area is 184 Å². The van der Waals surface area contributed by atoms with E-state index in [1.165, 1.54) is 0 Å².